The smallest absolute Gasteiger partial charge is 0.265 e. The lowest BCUT2D eigenvalue weighted by molar-refractivity contribution is -0.120. The largest absolute Gasteiger partial charge is 0.497 e. The van der Waals surface area contributed by atoms with Gasteiger partial charge in [0.25, 0.3) is 5.91 Å². The monoisotopic (exact) mass is 363 g/mol. The van der Waals surface area contributed by atoms with Gasteiger partial charge in [-0.3, -0.25) is 4.79 Å². The molecule has 0 spiro atoms. The molecule has 7 heteroatoms. The maximum absolute atomic E-state index is 12.6. The van der Waals surface area contributed by atoms with E-state index in [4.69, 9.17) is 30.5 Å². The number of nitrogens with zero attached hydrogens (tertiary/aromatic N) is 1. The Morgan fingerprint density at radius 1 is 1.00 bits per heavy atom. The van der Waals surface area contributed by atoms with Crippen molar-refractivity contribution in [3.05, 3.63) is 40.9 Å². The van der Waals surface area contributed by atoms with Crippen LogP contribution in [0.3, 0.4) is 0 Å². The number of hydrogen-bond donors (Lipinski definition) is 0. The normalized spacial score (nSPS) is 13.6. The first-order valence-corrected chi connectivity index (χ1v) is 7.96. The third-order valence-electron chi connectivity index (χ3n) is 3.93. The first-order chi connectivity index (χ1) is 12.0. The minimum atomic E-state index is -0.190. The summed E-state index contributed by atoms with van der Waals surface area (Å²) < 4.78 is 21.6. The number of rotatable bonds is 4. The van der Waals surface area contributed by atoms with Crippen molar-refractivity contribution < 1.29 is 23.7 Å². The van der Waals surface area contributed by atoms with E-state index in [2.05, 4.69) is 0 Å². The van der Waals surface area contributed by atoms with Crippen LogP contribution in [0, 0.1) is 0 Å². The Balaban J connectivity index is 2.06. The molecular weight excluding hydrogens is 346 g/mol. The molecule has 0 saturated carbocycles. The molecular formula is C18H18ClNO5. The van der Waals surface area contributed by atoms with E-state index in [0.29, 0.717) is 40.3 Å². The third kappa shape index (κ3) is 3.44. The molecule has 0 aromatic heterocycles. The molecule has 2 aromatic rings. The minimum absolute atomic E-state index is 0.107. The molecule has 0 bridgehead atoms. The zero-order valence-electron chi connectivity index (χ0n) is 14.2. The molecule has 1 amide bonds. The van der Waals surface area contributed by atoms with Crippen LogP contribution in [0.2, 0.25) is 5.02 Å². The fourth-order valence-corrected chi connectivity index (χ4v) is 2.94. The topological polar surface area (TPSA) is 57.2 Å². The molecule has 0 fully saturated rings. The number of hydrogen-bond acceptors (Lipinski definition) is 5. The highest BCUT2D eigenvalue weighted by molar-refractivity contribution is 6.30. The number of methoxy groups -OCH3 is 3. The fraction of sp³-hybridized carbons (Fsp3) is 0.278. The van der Waals surface area contributed by atoms with E-state index in [0.717, 1.165) is 5.56 Å². The van der Waals surface area contributed by atoms with Crippen molar-refractivity contribution in [2.24, 2.45) is 0 Å². The van der Waals surface area contributed by atoms with Crippen molar-refractivity contribution in [2.75, 3.05) is 32.8 Å². The van der Waals surface area contributed by atoms with Crippen LogP contribution >= 0.6 is 11.6 Å². The van der Waals surface area contributed by atoms with Gasteiger partial charge in [0.1, 0.15) is 11.5 Å². The Morgan fingerprint density at radius 3 is 2.28 bits per heavy atom. The van der Waals surface area contributed by atoms with Crippen LogP contribution in [0.4, 0.5) is 5.69 Å². The number of carbonyl (C=O) groups is 1. The lowest BCUT2D eigenvalue weighted by atomic mass is 10.1. The standard InChI is InChI=1S/C18H18ClNO5/c1-22-14-6-13(7-15(8-14)23-2)20-9-11-4-12(19)5-16(24-3)18(11)25-10-17(20)21/h4-8H,9-10H2,1-3H3. The Bertz CT molecular complexity index is 786. The van der Waals surface area contributed by atoms with Crippen molar-refractivity contribution in [3.63, 3.8) is 0 Å². The lowest BCUT2D eigenvalue weighted by Crippen LogP contribution is -2.32. The van der Waals surface area contributed by atoms with Crippen LogP contribution in [0.25, 0.3) is 0 Å². The van der Waals surface area contributed by atoms with E-state index in [9.17, 15) is 4.79 Å². The van der Waals surface area contributed by atoms with E-state index in [1.807, 2.05) is 0 Å². The van der Waals surface area contributed by atoms with Gasteiger partial charge in [0.15, 0.2) is 18.1 Å². The highest BCUT2D eigenvalue weighted by atomic mass is 35.5. The summed E-state index contributed by atoms with van der Waals surface area (Å²) >= 11 is 6.16. The van der Waals surface area contributed by atoms with Crippen molar-refractivity contribution >= 4 is 23.2 Å². The fourth-order valence-electron chi connectivity index (χ4n) is 2.71. The van der Waals surface area contributed by atoms with E-state index >= 15 is 0 Å². The predicted molar refractivity (Wildman–Crippen MR) is 94.2 cm³/mol. The van der Waals surface area contributed by atoms with Crippen molar-refractivity contribution in [1.29, 1.82) is 0 Å². The third-order valence-corrected chi connectivity index (χ3v) is 4.15. The van der Waals surface area contributed by atoms with Gasteiger partial charge in [-0.25, -0.2) is 0 Å². The first kappa shape index (κ1) is 17.2. The van der Waals surface area contributed by atoms with Gasteiger partial charge in [-0.1, -0.05) is 11.6 Å². The summed E-state index contributed by atoms with van der Waals surface area (Å²) in [6.45, 7) is 0.186. The second-order valence-electron chi connectivity index (χ2n) is 5.44. The Hall–Kier alpha value is -2.60. The second kappa shape index (κ2) is 7.11. The van der Waals surface area contributed by atoms with Gasteiger partial charge in [-0.2, -0.15) is 0 Å². The number of benzene rings is 2. The first-order valence-electron chi connectivity index (χ1n) is 7.58. The highest BCUT2D eigenvalue weighted by Crippen LogP contribution is 2.38. The van der Waals surface area contributed by atoms with Crippen LogP contribution in [0.15, 0.2) is 30.3 Å². The molecule has 6 nitrogen and oxygen atoms in total. The average Bonchev–Trinajstić information content (AvgIpc) is 2.79. The van der Waals surface area contributed by atoms with Gasteiger partial charge in [0.05, 0.1) is 33.6 Å². The molecule has 0 aliphatic carbocycles. The molecule has 0 unspecified atom stereocenters. The average molecular weight is 364 g/mol. The Morgan fingerprint density at radius 2 is 1.68 bits per heavy atom. The molecule has 1 aliphatic rings. The minimum Gasteiger partial charge on any atom is -0.497 e. The lowest BCUT2D eigenvalue weighted by Gasteiger charge is -2.21. The number of ether oxygens (including phenoxy) is 4. The molecule has 0 radical (unpaired) electrons. The van der Waals surface area contributed by atoms with Gasteiger partial charge in [0.2, 0.25) is 0 Å². The SMILES string of the molecule is COc1cc(OC)cc(N2Cc3cc(Cl)cc(OC)c3OCC2=O)c1. The number of amides is 1. The molecule has 0 atom stereocenters. The van der Waals surface area contributed by atoms with Gasteiger partial charge >= 0.3 is 0 Å². The summed E-state index contributed by atoms with van der Waals surface area (Å²) in [5.74, 6) is 2.02. The highest BCUT2D eigenvalue weighted by Gasteiger charge is 2.26. The van der Waals surface area contributed by atoms with Gasteiger partial charge in [-0.15, -0.1) is 0 Å². The van der Waals surface area contributed by atoms with Crippen LogP contribution in [-0.4, -0.2) is 33.8 Å². The summed E-state index contributed by atoms with van der Waals surface area (Å²) in [6, 6.07) is 8.72. The molecule has 1 aliphatic heterocycles. The maximum Gasteiger partial charge on any atom is 0.265 e. The summed E-state index contributed by atoms with van der Waals surface area (Å²) in [6.07, 6.45) is 0. The van der Waals surface area contributed by atoms with Crippen molar-refractivity contribution in [1.82, 2.24) is 0 Å². The van der Waals surface area contributed by atoms with Gasteiger partial charge < -0.3 is 23.8 Å². The zero-order chi connectivity index (χ0) is 18.0. The summed E-state index contributed by atoms with van der Waals surface area (Å²) in [4.78, 5) is 14.2. The van der Waals surface area contributed by atoms with E-state index in [-0.39, 0.29) is 12.5 Å². The van der Waals surface area contributed by atoms with Gasteiger partial charge in [0, 0.05) is 34.9 Å². The predicted octanol–water partition coefficient (Wildman–Crippen LogP) is 3.29. The van der Waals surface area contributed by atoms with Gasteiger partial charge in [-0.05, 0) is 6.07 Å². The summed E-state index contributed by atoms with van der Waals surface area (Å²) in [5, 5.41) is 0.511. The molecule has 25 heavy (non-hydrogen) atoms. The number of fused-ring (bicyclic) bond motifs is 1. The molecule has 0 saturated heterocycles. The summed E-state index contributed by atoms with van der Waals surface area (Å²) in [7, 11) is 4.66. The second-order valence-corrected chi connectivity index (χ2v) is 5.87. The van der Waals surface area contributed by atoms with Crippen LogP contribution in [0.1, 0.15) is 5.56 Å². The Kier molecular flexibility index (Phi) is 4.90. The van der Waals surface area contributed by atoms with Crippen molar-refractivity contribution in [2.45, 2.75) is 6.54 Å². The van der Waals surface area contributed by atoms with Crippen LogP contribution in [0.5, 0.6) is 23.0 Å². The van der Waals surface area contributed by atoms with E-state index in [1.165, 1.54) is 7.11 Å². The maximum atomic E-state index is 12.6. The van der Waals surface area contributed by atoms with E-state index < -0.39 is 0 Å². The molecule has 2 aromatic carbocycles. The van der Waals surface area contributed by atoms with Crippen LogP contribution in [-0.2, 0) is 11.3 Å². The molecule has 3 rings (SSSR count). The van der Waals surface area contributed by atoms with E-state index in [1.54, 1.807) is 49.5 Å². The Labute approximate surface area is 150 Å². The molecule has 132 valence electrons. The quantitative estimate of drug-likeness (QED) is 0.834. The van der Waals surface area contributed by atoms with Crippen molar-refractivity contribution in [3.8, 4) is 23.0 Å². The summed E-state index contributed by atoms with van der Waals surface area (Å²) in [5.41, 5.74) is 1.41. The number of anilines is 1. The zero-order valence-corrected chi connectivity index (χ0v) is 14.9. The molecule has 1 heterocycles. The number of halogens is 1. The molecule has 0 N–H and O–H groups in total. The number of carbonyl (C=O) groups excluding carboxylic acids is 1. The van der Waals surface area contributed by atoms with Crippen LogP contribution < -0.4 is 23.8 Å².